The zero-order valence-electron chi connectivity index (χ0n) is 17.7. The summed E-state index contributed by atoms with van der Waals surface area (Å²) in [6.45, 7) is 0.472. The van der Waals surface area contributed by atoms with Gasteiger partial charge in [0.1, 0.15) is 18.7 Å². The number of Topliss-reactive ketones (excluding diaryl/α,β-unsaturated/α-hetero) is 1. The molecular formula is C24H22N4O4S. The minimum Gasteiger partial charge on any atom is -0.368 e. The summed E-state index contributed by atoms with van der Waals surface area (Å²) in [5.74, 6) is -0.679. The number of carbonyl (C=O) groups excluding carboxylic acids is 3. The topological polar surface area (TPSA) is 101 Å². The second-order valence-electron chi connectivity index (χ2n) is 8.11. The van der Waals surface area contributed by atoms with E-state index in [0.717, 1.165) is 16.7 Å². The number of carbonyl (C=O) groups is 3. The average Bonchev–Trinajstić information content (AvgIpc) is 3.58. The van der Waals surface area contributed by atoms with Crippen LogP contribution < -0.4 is 5.32 Å². The lowest BCUT2D eigenvalue weighted by atomic mass is 10.0. The molecule has 168 valence electrons. The van der Waals surface area contributed by atoms with Crippen molar-refractivity contribution in [2.24, 2.45) is 0 Å². The van der Waals surface area contributed by atoms with Gasteiger partial charge < -0.3 is 15.0 Å². The van der Waals surface area contributed by atoms with E-state index in [1.807, 2.05) is 29.6 Å². The number of thiophene rings is 1. The smallest absolute Gasteiger partial charge is 0.262 e. The summed E-state index contributed by atoms with van der Waals surface area (Å²) < 4.78 is 5.52. The molecular weight excluding hydrogens is 440 g/mol. The highest BCUT2D eigenvalue weighted by Gasteiger charge is 2.48. The van der Waals surface area contributed by atoms with Gasteiger partial charge in [0.15, 0.2) is 5.78 Å². The van der Waals surface area contributed by atoms with Gasteiger partial charge in [-0.1, -0.05) is 6.07 Å². The van der Waals surface area contributed by atoms with Crippen molar-refractivity contribution in [1.29, 1.82) is 0 Å². The number of nitrogens with one attached hydrogen (secondary N) is 1. The lowest BCUT2D eigenvalue weighted by Gasteiger charge is -2.27. The van der Waals surface area contributed by atoms with Gasteiger partial charge in [-0.3, -0.25) is 24.4 Å². The van der Waals surface area contributed by atoms with E-state index < -0.39 is 12.1 Å². The van der Waals surface area contributed by atoms with E-state index in [0.29, 0.717) is 24.3 Å². The molecule has 33 heavy (non-hydrogen) atoms. The molecule has 5 heterocycles. The molecule has 3 atom stereocenters. The second-order valence-corrected chi connectivity index (χ2v) is 9.02. The number of amides is 2. The Balaban J connectivity index is 1.37. The Morgan fingerprint density at radius 3 is 2.82 bits per heavy atom. The molecule has 0 saturated carbocycles. The van der Waals surface area contributed by atoms with Crippen molar-refractivity contribution in [3.63, 3.8) is 0 Å². The molecule has 2 aliphatic heterocycles. The van der Waals surface area contributed by atoms with Crippen LogP contribution in [0, 0.1) is 0 Å². The van der Waals surface area contributed by atoms with Gasteiger partial charge in [0.25, 0.3) is 5.91 Å². The van der Waals surface area contributed by atoms with Crippen LogP contribution in [0.5, 0.6) is 0 Å². The zero-order chi connectivity index (χ0) is 22.8. The molecule has 2 aliphatic rings. The third kappa shape index (κ3) is 4.42. The molecule has 0 aliphatic carbocycles. The first-order valence-electron chi connectivity index (χ1n) is 10.7. The van der Waals surface area contributed by atoms with Gasteiger partial charge in [0.05, 0.1) is 11.0 Å². The number of fused-ring (bicyclic) bond motifs is 1. The van der Waals surface area contributed by atoms with Gasteiger partial charge in [-0.05, 0) is 47.2 Å². The van der Waals surface area contributed by atoms with Crippen molar-refractivity contribution in [2.75, 3.05) is 13.2 Å². The number of likely N-dealkylation sites (tertiary alicyclic amines) is 1. The van der Waals surface area contributed by atoms with Crippen LogP contribution >= 0.6 is 11.3 Å². The highest BCUT2D eigenvalue weighted by atomic mass is 32.1. The van der Waals surface area contributed by atoms with Crippen LogP contribution in [0.3, 0.4) is 0 Å². The summed E-state index contributed by atoms with van der Waals surface area (Å²) in [5, 5.41) is 4.80. The second kappa shape index (κ2) is 9.21. The van der Waals surface area contributed by atoms with Crippen molar-refractivity contribution < 1.29 is 19.1 Å². The van der Waals surface area contributed by atoms with Crippen molar-refractivity contribution >= 4 is 28.9 Å². The Morgan fingerprint density at radius 2 is 2.03 bits per heavy atom. The molecule has 2 fully saturated rings. The van der Waals surface area contributed by atoms with Crippen molar-refractivity contribution in [3.05, 3.63) is 70.9 Å². The summed E-state index contributed by atoms with van der Waals surface area (Å²) in [7, 11) is 0. The largest absolute Gasteiger partial charge is 0.368 e. The van der Waals surface area contributed by atoms with E-state index in [9.17, 15) is 14.4 Å². The number of pyridine rings is 2. The van der Waals surface area contributed by atoms with Crippen LogP contribution in [0.1, 0.15) is 21.7 Å². The number of ketones is 1. The van der Waals surface area contributed by atoms with Crippen LogP contribution in [0.4, 0.5) is 0 Å². The number of hydrogen-bond acceptors (Lipinski definition) is 7. The highest BCUT2D eigenvalue weighted by molar-refractivity contribution is 7.12. The van der Waals surface area contributed by atoms with E-state index in [2.05, 4.69) is 15.3 Å². The fourth-order valence-electron chi connectivity index (χ4n) is 4.37. The molecule has 0 bridgehead atoms. The summed E-state index contributed by atoms with van der Waals surface area (Å²) in [6, 6.07) is 7.82. The lowest BCUT2D eigenvalue weighted by Crippen LogP contribution is -2.53. The minimum atomic E-state index is -0.809. The van der Waals surface area contributed by atoms with Gasteiger partial charge in [0, 0.05) is 43.3 Å². The first-order valence-corrected chi connectivity index (χ1v) is 11.6. The molecule has 9 heteroatoms. The Bertz CT molecular complexity index is 1170. The highest BCUT2D eigenvalue weighted by Crippen LogP contribution is 2.28. The number of nitrogens with zero attached hydrogens (tertiary/aromatic N) is 3. The SMILES string of the molecule is O=C(NC(Cc1ccncc1)C(=O)N1CCC2OCC(=O)C21)c1cc(-c2cccnc2)cs1. The minimum absolute atomic E-state index is 0.0345. The summed E-state index contributed by atoms with van der Waals surface area (Å²) in [6.07, 6.45) is 7.41. The van der Waals surface area contributed by atoms with Gasteiger partial charge in [0.2, 0.25) is 5.91 Å². The zero-order valence-corrected chi connectivity index (χ0v) is 18.5. The summed E-state index contributed by atoms with van der Waals surface area (Å²) in [5.41, 5.74) is 2.68. The maximum Gasteiger partial charge on any atom is 0.262 e. The third-order valence-electron chi connectivity index (χ3n) is 6.01. The van der Waals surface area contributed by atoms with Gasteiger partial charge >= 0.3 is 0 Å². The van der Waals surface area contributed by atoms with Gasteiger partial charge in [-0.2, -0.15) is 0 Å². The molecule has 5 rings (SSSR count). The normalized spacial score (nSPS) is 20.5. The first kappa shape index (κ1) is 21.4. The average molecular weight is 463 g/mol. The fourth-order valence-corrected chi connectivity index (χ4v) is 5.18. The molecule has 3 unspecified atom stereocenters. The van der Waals surface area contributed by atoms with Crippen molar-refractivity contribution in [2.45, 2.75) is 31.0 Å². The van der Waals surface area contributed by atoms with Crippen molar-refractivity contribution in [3.8, 4) is 11.1 Å². The number of ether oxygens (including phenoxy) is 1. The van der Waals surface area contributed by atoms with Crippen LogP contribution in [-0.2, 0) is 20.7 Å². The Morgan fingerprint density at radius 1 is 1.18 bits per heavy atom. The standard InChI is InChI=1S/C24H22N4O4S/c29-19-13-32-20-5-9-28(22(19)20)24(31)18(10-15-3-7-25-8-4-15)27-23(30)21-11-17(14-33-21)16-2-1-6-26-12-16/h1-4,6-8,11-12,14,18,20,22H,5,9-10,13H2,(H,27,30). The molecule has 3 aromatic heterocycles. The molecule has 2 saturated heterocycles. The lowest BCUT2D eigenvalue weighted by molar-refractivity contribution is -0.138. The fraction of sp³-hybridized carbons (Fsp3) is 0.292. The van der Waals surface area contributed by atoms with Crippen LogP contribution in [0.2, 0.25) is 0 Å². The van der Waals surface area contributed by atoms with Crippen LogP contribution in [-0.4, -0.2) is 63.8 Å². The number of rotatable bonds is 6. The van der Waals surface area contributed by atoms with Gasteiger partial charge in [-0.25, -0.2) is 0 Å². The van der Waals surface area contributed by atoms with Gasteiger partial charge in [-0.15, -0.1) is 11.3 Å². The third-order valence-corrected chi connectivity index (χ3v) is 6.93. The molecule has 8 nitrogen and oxygen atoms in total. The summed E-state index contributed by atoms with van der Waals surface area (Å²) >= 11 is 1.31. The summed E-state index contributed by atoms with van der Waals surface area (Å²) in [4.78, 5) is 49.2. The van der Waals surface area contributed by atoms with E-state index in [1.54, 1.807) is 35.8 Å². The molecule has 1 N–H and O–H groups in total. The van der Waals surface area contributed by atoms with E-state index in [1.165, 1.54) is 11.3 Å². The maximum atomic E-state index is 13.5. The molecule has 0 spiro atoms. The quantitative estimate of drug-likeness (QED) is 0.602. The maximum absolute atomic E-state index is 13.5. The van der Waals surface area contributed by atoms with E-state index in [4.69, 9.17) is 4.74 Å². The Hall–Kier alpha value is -3.43. The number of aromatic nitrogens is 2. The Labute approximate surface area is 194 Å². The van der Waals surface area contributed by atoms with Crippen molar-refractivity contribution in [1.82, 2.24) is 20.2 Å². The first-order chi connectivity index (χ1) is 16.1. The predicted octanol–water partition coefficient (Wildman–Crippen LogP) is 2.12. The molecule has 0 aromatic carbocycles. The van der Waals surface area contributed by atoms with Crippen LogP contribution in [0.15, 0.2) is 60.5 Å². The predicted molar refractivity (Wildman–Crippen MR) is 122 cm³/mol. The number of hydrogen-bond donors (Lipinski definition) is 1. The Kier molecular flexibility index (Phi) is 5.97. The molecule has 3 aromatic rings. The molecule has 2 amide bonds. The van der Waals surface area contributed by atoms with E-state index in [-0.39, 0.29) is 30.3 Å². The molecule has 0 radical (unpaired) electrons. The monoisotopic (exact) mass is 462 g/mol. The van der Waals surface area contributed by atoms with Crippen LogP contribution in [0.25, 0.3) is 11.1 Å². The van der Waals surface area contributed by atoms with E-state index >= 15 is 0 Å².